The number of nitrogens with zero attached hydrogens (tertiary/aromatic N) is 2. The van der Waals surface area contributed by atoms with Crippen molar-refractivity contribution in [1.29, 1.82) is 0 Å². The van der Waals surface area contributed by atoms with Crippen LogP contribution in [0.4, 0.5) is 0 Å². The van der Waals surface area contributed by atoms with Crippen LogP contribution in [-0.4, -0.2) is 28.5 Å². The minimum atomic E-state index is -0.165. The Labute approximate surface area is 112 Å². The highest BCUT2D eigenvalue weighted by Gasteiger charge is 2.13. The van der Waals surface area contributed by atoms with Crippen LogP contribution in [0.15, 0.2) is 30.6 Å². The van der Waals surface area contributed by atoms with Gasteiger partial charge in [-0.3, -0.25) is 14.8 Å². The highest BCUT2D eigenvalue weighted by atomic mass is 16.1. The van der Waals surface area contributed by atoms with Gasteiger partial charge in [0.1, 0.15) is 5.52 Å². The van der Waals surface area contributed by atoms with Gasteiger partial charge in [0.2, 0.25) is 0 Å². The Morgan fingerprint density at radius 3 is 2.79 bits per heavy atom. The molecule has 100 valence electrons. The summed E-state index contributed by atoms with van der Waals surface area (Å²) in [5.74, 6) is 0.162. The Bertz CT molecular complexity index is 577. The van der Waals surface area contributed by atoms with E-state index in [2.05, 4.69) is 15.3 Å². The summed E-state index contributed by atoms with van der Waals surface area (Å²) < 4.78 is 0. The fraction of sp³-hybridized carbons (Fsp3) is 0.357. The molecule has 1 amide bonds. The second kappa shape index (κ2) is 5.75. The molecular formula is C14H18N4O. The summed E-state index contributed by atoms with van der Waals surface area (Å²) in [5.41, 5.74) is 7.77. The van der Waals surface area contributed by atoms with Crippen LogP contribution in [0.3, 0.4) is 0 Å². The maximum absolute atomic E-state index is 12.2. The molecule has 5 heteroatoms. The molecule has 0 bridgehead atoms. The van der Waals surface area contributed by atoms with Gasteiger partial charge in [-0.15, -0.1) is 0 Å². The fourth-order valence-electron chi connectivity index (χ4n) is 1.72. The van der Waals surface area contributed by atoms with Crippen molar-refractivity contribution in [2.75, 3.05) is 6.54 Å². The number of carbonyl (C=O) groups excluding carboxylic acids is 1. The van der Waals surface area contributed by atoms with Gasteiger partial charge in [-0.2, -0.15) is 0 Å². The zero-order valence-corrected chi connectivity index (χ0v) is 11.1. The van der Waals surface area contributed by atoms with E-state index in [1.165, 1.54) is 0 Å². The van der Waals surface area contributed by atoms with Crippen LogP contribution in [0.25, 0.3) is 11.0 Å². The van der Waals surface area contributed by atoms with Gasteiger partial charge in [0.05, 0.1) is 11.1 Å². The van der Waals surface area contributed by atoms with Gasteiger partial charge in [0.25, 0.3) is 5.91 Å². The number of hydrogen-bond donors (Lipinski definition) is 2. The summed E-state index contributed by atoms with van der Waals surface area (Å²) >= 11 is 0. The second-order valence-electron chi connectivity index (χ2n) is 4.85. The monoisotopic (exact) mass is 258 g/mol. The SMILES string of the molecule is CC(C)C(N)CNC(=O)c1cccc2nccnc12. The van der Waals surface area contributed by atoms with Gasteiger partial charge < -0.3 is 11.1 Å². The highest BCUT2D eigenvalue weighted by molar-refractivity contribution is 6.04. The molecular weight excluding hydrogens is 240 g/mol. The number of rotatable bonds is 4. The number of para-hydroxylation sites is 1. The van der Waals surface area contributed by atoms with Crippen molar-refractivity contribution in [1.82, 2.24) is 15.3 Å². The number of amides is 1. The van der Waals surface area contributed by atoms with Gasteiger partial charge in [-0.1, -0.05) is 19.9 Å². The molecule has 1 heterocycles. The second-order valence-corrected chi connectivity index (χ2v) is 4.85. The molecule has 0 saturated carbocycles. The average molecular weight is 258 g/mol. The molecule has 0 saturated heterocycles. The summed E-state index contributed by atoms with van der Waals surface area (Å²) in [6.07, 6.45) is 3.19. The van der Waals surface area contributed by atoms with Crippen molar-refractivity contribution in [3.05, 3.63) is 36.2 Å². The zero-order valence-electron chi connectivity index (χ0n) is 11.1. The van der Waals surface area contributed by atoms with Gasteiger partial charge >= 0.3 is 0 Å². The minimum absolute atomic E-state index is 0.0509. The third-order valence-corrected chi connectivity index (χ3v) is 3.10. The van der Waals surface area contributed by atoms with Crippen molar-refractivity contribution in [2.24, 2.45) is 11.7 Å². The van der Waals surface area contributed by atoms with E-state index in [0.29, 0.717) is 29.1 Å². The molecule has 19 heavy (non-hydrogen) atoms. The van der Waals surface area contributed by atoms with E-state index in [0.717, 1.165) is 0 Å². The number of hydrogen-bond acceptors (Lipinski definition) is 4. The number of nitrogens with one attached hydrogen (secondary N) is 1. The molecule has 3 N–H and O–H groups in total. The van der Waals surface area contributed by atoms with Crippen molar-refractivity contribution in [3.8, 4) is 0 Å². The minimum Gasteiger partial charge on any atom is -0.350 e. The van der Waals surface area contributed by atoms with Gasteiger partial charge in [-0.25, -0.2) is 0 Å². The number of aromatic nitrogens is 2. The summed E-state index contributed by atoms with van der Waals surface area (Å²) in [6, 6.07) is 5.32. The van der Waals surface area contributed by atoms with Gasteiger partial charge in [-0.05, 0) is 18.1 Å². The molecule has 1 aromatic heterocycles. The van der Waals surface area contributed by atoms with Crippen LogP contribution in [0.1, 0.15) is 24.2 Å². The third-order valence-electron chi connectivity index (χ3n) is 3.10. The molecule has 1 atom stereocenters. The maximum atomic E-state index is 12.2. The average Bonchev–Trinajstić information content (AvgIpc) is 2.43. The first kappa shape index (κ1) is 13.4. The van der Waals surface area contributed by atoms with Gasteiger partial charge in [0.15, 0.2) is 0 Å². The Hall–Kier alpha value is -2.01. The van der Waals surface area contributed by atoms with Crippen LogP contribution in [0.5, 0.6) is 0 Å². The Morgan fingerprint density at radius 1 is 1.32 bits per heavy atom. The molecule has 0 radical (unpaired) electrons. The van der Waals surface area contributed by atoms with E-state index in [4.69, 9.17) is 5.73 Å². The molecule has 2 aromatic rings. The molecule has 1 aromatic carbocycles. The maximum Gasteiger partial charge on any atom is 0.253 e. The van der Waals surface area contributed by atoms with Crippen LogP contribution in [0.2, 0.25) is 0 Å². The largest absolute Gasteiger partial charge is 0.350 e. The number of carbonyl (C=O) groups is 1. The molecule has 0 aliphatic carbocycles. The first-order valence-electron chi connectivity index (χ1n) is 6.33. The lowest BCUT2D eigenvalue weighted by Crippen LogP contribution is -2.40. The molecule has 0 spiro atoms. The smallest absolute Gasteiger partial charge is 0.253 e. The Morgan fingerprint density at radius 2 is 2.05 bits per heavy atom. The third kappa shape index (κ3) is 3.06. The normalized spacial score (nSPS) is 12.6. The summed E-state index contributed by atoms with van der Waals surface area (Å²) in [7, 11) is 0. The van der Waals surface area contributed by atoms with Crippen LogP contribution in [0, 0.1) is 5.92 Å². The standard InChI is InChI=1S/C14H18N4O/c1-9(2)11(15)8-18-14(19)10-4-3-5-12-13(10)17-7-6-16-12/h3-7,9,11H,8,15H2,1-2H3,(H,18,19). The van der Waals surface area contributed by atoms with E-state index in [1.807, 2.05) is 19.9 Å². The van der Waals surface area contributed by atoms with E-state index in [1.54, 1.807) is 24.5 Å². The fourth-order valence-corrected chi connectivity index (χ4v) is 1.72. The molecule has 0 aliphatic heterocycles. The van der Waals surface area contributed by atoms with Crippen LogP contribution < -0.4 is 11.1 Å². The van der Waals surface area contributed by atoms with E-state index in [9.17, 15) is 4.79 Å². The first-order valence-corrected chi connectivity index (χ1v) is 6.33. The van der Waals surface area contributed by atoms with E-state index >= 15 is 0 Å². The molecule has 2 rings (SSSR count). The molecule has 5 nitrogen and oxygen atoms in total. The Balaban J connectivity index is 2.18. The van der Waals surface area contributed by atoms with Crippen molar-refractivity contribution in [2.45, 2.75) is 19.9 Å². The lowest BCUT2D eigenvalue weighted by atomic mass is 10.1. The number of nitrogens with two attached hydrogens (primary N) is 1. The highest BCUT2D eigenvalue weighted by Crippen LogP contribution is 2.13. The van der Waals surface area contributed by atoms with Crippen molar-refractivity contribution < 1.29 is 4.79 Å². The van der Waals surface area contributed by atoms with Crippen LogP contribution >= 0.6 is 0 Å². The quantitative estimate of drug-likeness (QED) is 0.867. The van der Waals surface area contributed by atoms with E-state index in [-0.39, 0.29) is 11.9 Å². The van der Waals surface area contributed by atoms with Gasteiger partial charge in [0, 0.05) is 25.0 Å². The van der Waals surface area contributed by atoms with Crippen molar-refractivity contribution in [3.63, 3.8) is 0 Å². The topological polar surface area (TPSA) is 80.9 Å². The number of benzene rings is 1. The first-order chi connectivity index (χ1) is 9.09. The Kier molecular flexibility index (Phi) is 4.06. The summed E-state index contributed by atoms with van der Waals surface area (Å²) in [5, 5.41) is 2.84. The summed E-state index contributed by atoms with van der Waals surface area (Å²) in [4.78, 5) is 20.5. The van der Waals surface area contributed by atoms with Crippen molar-refractivity contribution >= 4 is 16.9 Å². The molecule has 0 aliphatic rings. The lowest BCUT2D eigenvalue weighted by Gasteiger charge is -2.16. The van der Waals surface area contributed by atoms with E-state index < -0.39 is 0 Å². The zero-order chi connectivity index (χ0) is 13.8. The predicted molar refractivity (Wildman–Crippen MR) is 74.7 cm³/mol. The molecule has 1 unspecified atom stereocenters. The van der Waals surface area contributed by atoms with Crippen LogP contribution in [-0.2, 0) is 0 Å². The number of fused-ring (bicyclic) bond motifs is 1. The lowest BCUT2D eigenvalue weighted by molar-refractivity contribution is 0.0950. The molecule has 0 fully saturated rings. The predicted octanol–water partition coefficient (Wildman–Crippen LogP) is 1.34. The summed E-state index contributed by atoms with van der Waals surface area (Å²) in [6.45, 7) is 4.51.